The molecular weight excluding hydrogens is 174 g/mol. The number of rotatable bonds is 2. The van der Waals surface area contributed by atoms with E-state index in [9.17, 15) is 0 Å². The number of hydrogen-bond donors (Lipinski definition) is 1. The molecule has 14 heavy (non-hydrogen) atoms. The van der Waals surface area contributed by atoms with E-state index < -0.39 is 0 Å². The van der Waals surface area contributed by atoms with Crippen molar-refractivity contribution in [3.63, 3.8) is 0 Å². The van der Waals surface area contributed by atoms with Gasteiger partial charge < -0.3 is 5.73 Å². The molecule has 1 aliphatic heterocycles. The van der Waals surface area contributed by atoms with Crippen LogP contribution in [0.1, 0.15) is 20.8 Å². The first-order chi connectivity index (χ1) is 6.66. The summed E-state index contributed by atoms with van der Waals surface area (Å²) in [6.07, 6.45) is 5.88. The highest BCUT2D eigenvalue weighted by molar-refractivity contribution is 6.10. The molecule has 0 aliphatic carbocycles. The fourth-order valence-corrected chi connectivity index (χ4v) is 1.28. The molecule has 0 aromatic heterocycles. The van der Waals surface area contributed by atoms with Crippen molar-refractivity contribution in [1.82, 2.24) is 0 Å². The molecule has 1 aliphatic rings. The molecule has 1 unspecified atom stereocenters. The minimum atomic E-state index is 0.226. The summed E-state index contributed by atoms with van der Waals surface area (Å²) < 4.78 is 0. The van der Waals surface area contributed by atoms with Crippen LogP contribution in [0, 0.1) is 5.92 Å². The highest BCUT2D eigenvalue weighted by atomic mass is 14.9. The highest BCUT2D eigenvalue weighted by Gasteiger charge is 2.16. The van der Waals surface area contributed by atoms with Gasteiger partial charge in [-0.25, -0.2) is 0 Å². The summed E-state index contributed by atoms with van der Waals surface area (Å²) in [6, 6.07) is 0. The molecular formula is C11H17N3. The van der Waals surface area contributed by atoms with E-state index in [-0.39, 0.29) is 5.92 Å². The molecule has 0 radical (unpaired) electrons. The van der Waals surface area contributed by atoms with Gasteiger partial charge in [-0.05, 0) is 13.8 Å². The van der Waals surface area contributed by atoms with Gasteiger partial charge in [0.25, 0.3) is 0 Å². The van der Waals surface area contributed by atoms with Crippen LogP contribution in [0.15, 0.2) is 33.5 Å². The Labute approximate surface area is 85.1 Å². The normalized spacial score (nSPS) is 25.4. The maximum Gasteiger partial charge on any atom is 0.0750 e. The Morgan fingerprint density at radius 3 is 3.00 bits per heavy atom. The Kier molecular flexibility index (Phi) is 3.63. The summed E-state index contributed by atoms with van der Waals surface area (Å²) >= 11 is 0. The van der Waals surface area contributed by atoms with Crippen molar-refractivity contribution >= 4 is 11.9 Å². The Hall–Kier alpha value is -1.38. The van der Waals surface area contributed by atoms with Crippen LogP contribution in [0.25, 0.3) is 0 Å². The minimum absolute atomic E-state index is 0.226. The molecule has 1 atom stereocenters. The molecule has 1 rings (SSSR count). The van der Waals surface area contributed by atoms with E-state index in [4.69, 9.17) is 5.73 Å². The van der Waals surface area contributed by atoms with Crippen molar-refractivity contribution < 1.29 is 0 Å². The fourth-order valence-electron chi connectivity index (χ4n) is 1.28. The number of nitrogens with zero attached hydrogens (tertiary/aromatic N) is 2. The van der Waals surface area contributed by atoms with E-state index in [0.717, 1.165) is 17.1 Å². The second-order valence-electron chi connectivity index (χ2n) is 3.36. The van der Waals surface area contributed by atoms with Crippen molar-refractivity contribution in [3.05, 3.63) is 23.5 Å². The zero-order chi connectivity index (χ0) is 10.6. The summed E-state index contributed by atoms with van der Waals surface area (Å²) in [4.78, 5) is 8.64. The summed E-state index contributed by atoms with van der Waals surface area (Å²) in [5, 5.41) is 0. The predicted molar refractivity (Wildman–Crippen MR) is 61.7 cm³/mol. The van der Waals surface area contributed by atoms with Crippen LogP contribution in [-0.4, -0.2) is 18.5 Å². The van der Waals surface area contributed by atoms with E-state index in [1.807, 2.05) is 32.2 Å². The standard InChI is InChI=1S/C11H17N3/c1-4-5-6-13-11-8(2)7-14-9(3)10(11)12/h4-5,7-8H,6,12H2,1-3H3/b5-4-,13-11+. The number of nitrogens with two attached hydrogens (primary N) is 1. The average molecular weight is 191 g/mol. The molecule has 0 saturated carbocycles. The molecule has 3 heteroatoms. The van der Waals surface area contributed by atoms with Crippen LogP contribution in [0.3, 0.4) is 0 Å². The van der Waals surface area contributed by atoms with Crippen LogP contribution < -0.4 is 5.73 Å². The Morgan fingerprint density at radius 1 is 1.64 bits per heavy atom. The van der Waals surface area contributed by atoms with Crippen LogP contribution in [-0.2, 0) is 0 Å². The lowest BCUT2D eigenvalue weighted by atomic mass is 10.0. The second-order valence-corrected chi connectivity index (χ2v) is 3.36. The Balaban J connectivity index is 2.86. The second kappa shape index (κ2) is 4.74. The van der Waals surface area contributed by atoms with E-state index in [1.165, 1.54) is 0 Å². The van der Waals surface area contributed by atoms with Gasteiger partial charge in [0, 0.05) is 12.1 Å². The molecule has 0 aromatic rings. The lowest BCUT2D eigenvalue weighted by molar-refractivity contribution is 1.00. The highest BCUT2D eigenvalue weighted by Crippen LogP contribution is 2.14. The van der Waals surface area contributed by atoms with E-state index in [0.29, 0.717) is 6.54 Å². The van der Waals surface area contributed by atoms with E-state index in [2.05, 4.69) is 16.9 Å². The first-order valence-electron chi connectivity index (χ1n) is 4.83. The lowest BCUT2D eigenvalue weighted by Crippen LogP contribution is -2.25. The summed E-state index contributed by atoms with van der Waals surface area (Å²) in [5.41, 5.74) is 8.45. The molecule has 0 aromatic carbocycles. The van der Waals surface area contributed by atoms with Gasteiger partial charge in [-0.2, -0.15) is 0 Å². The quantitative estimate of drug-likeness (QED) is 0.666. The summed E-state index contributed by atoms with van der Waals surface area (Å²) in [7, 11) is 0. The summed E-state index contributed by atoms with van der Waals surface area (Å²) in [5.74, 6) is 0.226. The summed E-state index contributed by atoms with van der Waals surface area (Å²) in [6.45, 7) is 6.63. The molecule has 0 spiro atoms. The third-order valence-electron chi connectivity index (χ3n) is 2.19. The van der Waals surface area contributed by atoms with Crippen LogP contribution >= 0.6 is 0 Å². The average Bonchev–Trinajstić information content (AvgIpc) is 2.18. The van der Waals surface area contributed by atoms with Crippen molar-refractivity contribution in [2.24, 2.45) is 21.6 Å². The van der Waals surface area contributed by atoms with Crippen molar-refractivity contribution in [3.8, 4) is 0 Å². The van der Waals surface area contributed by atoms with Crippen molar-refractivity contribution in [1.29, 1.82) is 0 Å². The van der Waals surface area contributed by atoms with Gasteiger partial charge in [0.1, 0.15) is 0 Å². The topological polar surface area (TPSA) is 50.7 Å². The Morgan fingerprint density at radius 2 is 2.36 bits per heavy atom. The van der Waals surface area contributed by atoms with Gasteiger partial charge >= 0.3 is 0 Å². The van der Waals surface area contributed by atoms with Gasteiger partial charge in [-0.3, -0.25) is 9.98 Å². The van der Waals surface area contributed by atoms with E-state index >= 15 is 0 Å². The number of allylic oxidation sites excluding steroid dienone is 3. The molecule has 76 valence electrons. The minimum Gasteiger partial charge on any atom is -0.396 e. The molecule has 0 bridgehead atoms. The predicted octanol–water partition coefficient (Wildman–Crippen LogP) is 1.91. The monoisotopic (exact) mass is 191 g/mol. The van der Waals surface area contributed by atoms with Gasteiger partial charge in [0.15, 0.2) is 0 Å². The third kappa shape index (κ3) is 2.31. The van der Waals surface area contributed by atoms with Crippen molar-refractivity contribution in [2.45, 2.75) is 20.8 Å². The number of aliphatic imine (C=N–C) groups is 2. The molecule has 3 nitrogen and oxygen atoms in total. The SMILES string of the molecule is C/C=C\C/N=C1/C(N)=C(C)N=CC1C. The zero-order valence-corrected chi connectivity index (χ0v) is 8.99. The molecule has 0 amide bonds. The van der Waals surface area contributed by atoms with Gasteiger partial charge in [-0.1, -0.05) is 19.1 Å². The first-order valence-corrected chi connectivity index (χ1v) is 4.83. The molecule has 2 N–H and O–H groups in total. The smallest absolute Gasteiger partial charge is 0.0750 e. The third-order valence-corrected chi connectivity index (χ3v) is 2.19. The van der Waals surface area contributed by atoms with Crippen LogP contribution in [0.2, 0.25) is 0 Å². The lowest BCUT2D eigenvalue weighted by Gasteiger charge is -2.16. The van der Waals surface area contributed by atoms with E-state index in [1.54, 1.807) is 0 Å². The van der Waals surface area contributed by atoms with Crippen LogP contribution in [0.4, 0.5) is 0 Å². The number of hydrogen-bond acceptors (Lipinski definition) is 3. The van der Waals surface area contributed by atoms with Gasteiger partial charge in [0.05, 0.1) is 23.7 Å². The first kappa shape index (κ1) is 10.7. The fraction of sp³-hybridized carbons (Fsp3) is 0.455. The molecule has 0 saturated heterocycles. The van der Waals surface area contributed by atoms with Gasteiger partial charge in [-0.15, -0.1) is 0 Å². The molecule has 0 fully saturated rings. The van der Waals surface area contributed by atoms with Gasteiger partial charge in [0.2, 0.25) is 0 Å². The maximum absolute atomic E-state index is 5.91. The Bertz CT molecular complexity index is 321. The largest absolute Gasteiger partial charge is 0.396 e. The molecule has 1 heterocycles. The zero-order valence-electron chi connectivity index (χ0n) is 8.99. The van der Waals surface area contributed by atoms with Crippen molar-refractivity contribution in [2.75, 3.05) is 6.54 Å². The van der Waals surface area contributed by atoms with Crippen LogP contribution in [0.5, 0.6) is 0 Å². The maximum atomic E-state index is 5.91.